The molecule has 2 aliphatic carbocycles. The molecule has 0 aromatic carbocycles. The number of hydrogen-bond acceptors (Lipinski definition) is 3. The molecule has 0 amide bonds. The Bertz CT molecular complexity index is 440. The van der Waals surface area contributed by atoms with E-state index in [0.717, 1.165) is 54.6 Å². The second-order valence-electron chi connectivity index (χ2n) is 6.25. The fraction of sp³-hybridized carbons (Fsp3) is 0.706. The van der Waals surface area contributed by atoms with Gasteiger partial charge in [0.25, 0.3) is 0 Å². The van der Waals surface area contributed by atoms with Crippen molar-refractivity contribution < 1.29 is 4.74 Å². The van der Waals surface area contributed by atoms with Crippen molar-refractivity contribution in [1.82, 2.24) is 10.3 Å². The molecule has 1 heterocycles. The van der Waals surface area contributed by atoms with E-state index in [4.69, 9.17) is 4.74 Å². The minimum Gasteiger partial charge on any atom is -0.490 e. The molecule has 0 aliphatic heterocycles. The van der Waals surface area contributed by atoms with Gasteiger partial charge in [-0.25, -0.2) is 0 Å². The molecule has 110 valence electrons. The first-order chi connectivity index (χ1) is 9.78. The molecule has 3 heteroatoms. The van der Waals surface area contributed by atoms with Gasteiger partial charge in [0.2, 0.25) is 0 Å². The molecule has 1 aromatic rings. The van der Waals surface area contributed by atoms with E-state index < -0.39 is 0 Å². The fourth-order valence-corrected chi connectivity index (χ4v) is 3.00. The zero-order valence-electron chi connectivity index (χ0n) is 12.7. The van der Waals surface area contributed by atoms with E-state index in [9.17, 15) is 0 Å². The molecule has 2 saturated carbocycles. The van der Waals surface area contributed by atoms with Gasteiger partial charge in [-0.3, -0.25) is 4.98 Å². The van der Waals surface area contributed by atoms with Crippen LogP contribution in [0, 0.1) is 18.8 Å². The van der Waals surface area contributed by atoms with E-state index >= 15 is 0 Å². The van der Waals surface area contributed by atoms with E-state index in [1.807, 2.05) is 13.0 Å². The number of nitrogens with one attached hydrogen (secondary N) is 1. The van der Waals surface area contributed by atoms with Crippen LogP contribution in [-0.2, 0) is 6.42 Å². The normalized spacial score (nSPS) is 18.6. The quantitative estimate of drug-likeness (QED) is 0.740. The van der Waals surface area contributed by atoms with E-state index in [2.05, 4.69) is 23.3 Å². The van der Waals surface area contributed by atoms with Gasteiger partial charge in [-0.15, -0.1) is 0 Å². The standard InChI is InChI=1S/C17H26N2O/c1-3-15-16(9-4-12(2)19-15)20-11-10-18-17(13-5-6-13)14-7-8-14/h4,9,13-14,17-18H,3,5-8,10-11H2,1-2H3. The molecule has 0 spiro atoms. The Kier molecular flexibility index (Phi) is 4.25. The minimum absolute atomic E-state index is 0.744. The molecule has 0 radical (unpaired) electrons. The smallest absolute Gasteiger partial charge is 0.140 e. The zero-order chi connectivity index (χ0) is 13.9. The summed E-state index contributed by atoms with van der Waals surface area (Å²) in [6, 6.07) is 4.85. The van der Waals surface area contributed by atoms with Crippen LogP contribution < -0.4 is 10.1 Å². The maximum atomic E-state index is 5.91. The Hall–Kier alpha value is -1.09. The third kappa shape index (κ3) is 3.51. The largest absolute Gasteiger partial charge is 0.490 e. The number of hydrogen-bond donors (Lipinski definition) is 1. The van der Waals surface area contributed by atoms with Gasteiger partial charge in [0.05, 0.1) is 5.69 Å². The highest BCUT2D eigenvalue weighted by atomic mass is 16.5. The van der Waals surface area contributed by atoms with Gasteiger partial charge in [0, 0.05) is 18.3 Å². The number of aryl methyl sites for hydroxylation is 2. The first-order valence-electron chi connectivity index (χ1n) is 8.10. The summed E-state index contributed by atoms with van der Waals surface area (Å²) in [5.41, 5.74) is 2.14. The third-order valence-corrected chi connectivity index (χ3v) is 4.41. The lowest BCUT2D eigenvalue weighted by atomic mass is 10.1. The minimum atomic E-state index is 0.744. The average molecular weight is 274 g/mol. The van der Waals surface area contributed by atoms with Crippen LogP contribution in [0.4, 0.5) is 0 Å². The second-order valence-corrected chi connectivity index (χ2v) is 6.25. The number of rotatable bonds is 8. The van der Waals surface area contributed by atoms with Gasteiger partial charge < -0.3 is 10.1 Å². The molecule has 0 bridgehead atoms. The lowest BCUT2D eigenvalue weighted by Crippen LogP contribution is -2.36. The van der Waals surface area contributed by atoms with E-state index in [-0.39, 0.29) is 0 Å². The molecule has 3 nitrogen and oxygen atoms in total. The molecule has 0 saturated heterocycles. The SMILES string of the molecule is CCc1nc(C)ccc1OCCNC(C1CC1)C1CC1. The summed E-state index contributed by atoms with van der Waals surface area (Å²) in [6.07, 6.45) is 6.64. The van der Waals surface area contributed by atoms with Crippen LogP contribution in [0.1, 0.15) is 44.0 Å². The first-order valence-corrected chi connectivity index (χ1v) is 8.10. The van der Waals surface area contributed by atoms with E-state index in [1.165, 1.54) is 25.7 Å². The highest BCUT2D eigenvalue weighted by Crippen LogP contribution is 2.44. The second kappa shape index (κ2) is 6.13. The van der Waals surface area contributed by atoms with Gasteiger partial charge in [0.15, 0.2) is 0 Å². The van der Waals surface area contributed by atoms with Gasteiger partial charge in [-0.1, -0.05) is 6.92 Å². The lowest BCUT2D eigenvalue weighted by Gasteiger charge is -2.18. The summed E-state index contributed by atoms with van der Waals surface area (Å²) in [6.45, 7) is 5.85. The van der Waals surface area contributed by atoms with Crippen molar-refractivity contribution in [2.75, 3.05) is 13.2 Å². The van der Waals surface area contributed by atoms with Crippen molar-refractivity contribution in [2.45, 2.75) is 52.0 Å². The number of aromatic nitrogens is 1. The highest BCUT2D eigenvalue weighted by molar-refractivity contribution is 5.29. The summed E-state index contributed by atoms with van der Waals surface area (Å²) in [7, 11) is 0. The first kappa shape index (κ1) is 13.9. The van der Waals surface area contributed by atoms with Crippen LogP contribution in [0.2, 0.25) is 0 Å². The van der Waals surface area contributed by atoms with Crippen LogP contribution in [0.3, 0.4) is 0 Å². The summed E-state index contributed by atoms with van der Waals surface area (Å²) < 4.78 is 5.91. The maximum Gasteiger partial charge on any atom is 0.140 e. The Labute approximate surface area is 122 Å². The van der Waals surface area contributed by atoms with E-state index in [0.29, 0.717) is 0 Å². The van der Waals surface area contributed by atoms with Gasteiger partial charge in [-0.2, -0.15) is 0 Å². The van der Waals surface area contributed by atoms with Crippen molar-refractivity contribution in [3.8, 4) is 5.75 Å². The summed E-state index contributed by atoms with van der Waals surface area (Å²) in [4.78, 5) is 4.54. The number of ether oxygens (including phenoxy) is 1. The average Bonchev–Trinajstić information content (AvgIpc) is 3.32. The number of pyridine rings is 1. The van der Waals surface area contributed by atoms with Crippen LogP contribution in [0.5, 0.6) is 5.75 Å². The summed E-state index contributed by atoms with van der Waals surface area (Å²) in [5, 5.41) is 3.72. The highest BCUT2D eigenvalue weighted by Gasteiger charge is 2.40. The molecule has 1 aromatic heterocycles. The molecule has 2 fully saturated rings. The van der Waals surface area contributed by atoms with Crippen molar-refractivity contribution in [1.29, 1.82) is 0 Å². The van der Waals surface area contributed by atoms with Crippen LogP contribution in [0.15, 0.2) is 12.1 Å². The van der Waals surface area contributed by atoms with E-state index in [1.54, 1.807) is 0 Å². The maximum absolute atomic E-state index is 5.91. The van der Waals surface area contributed by atoms with Crippen molar-refractivity contribution in [2.24, 2.45) is 11.8 Å². The van der Waals surface area contributed by atoms with Crippen LogP contribution in [0.25, 0.3) is 0 Å². The zero-order valence-corrected chi connectivity index (χ0v) is 12.7. The Morgan fingerprint density at radius 2 is 1.95 bits per heavy atom. The van der Waals surface area contributed by atoms with Gasteiger partial charge in [0.1, 0.15) is 12.4 Å². The van der Waals surface area contributed by atoms with Gasteiger partial charge >= 0.3 is 0 Å². The fourth-order valence-electron chi connectivity index (χ4n) is 3.00. The predicted molar refractivity (Wildman–Crippen MR) is 81.1 cm³/mol. The molecule has 3 rings (SSSR count). The molecule has 2 aliphatic rings. The molecule has 0 atom stereocenters. The Balaban J connectivity index is 1.45. The number of nitrogens with zero attached hydrogens (tertiary/aromatic N) is 1. The predicted octanol–water partition coefficient (Wildman–Crippen LogP) is 3.11. The third-order valence-electron chi connectivity index (χ3n) is 4.41. The van der Waals surface area contributed by atoms with Crippen LogP contribution >= 0.6 is 0 Å². The molecular formula is C17H26N2O. The summed E-state index contributed by atoms with van der Waals surface area (Å²) >= 11 is 0. The molecule has 0 unspecified atom stereocenters. The molecule has 1 N–H and O–H groups in total. The molecular weight excluding hydrogens is 248 g/mol. The van der Waals surface area contributed by atoms with Gasteiger partial charge in [-0.05, 0) is 63.0 Å². The monoisotopic (exact) mass is 274 g/mol. The Morgan fingerprint density at radius 1 is 1.25 bits per heavy atom. The lowest BCUT2D eigenvalue weighted by molar-refractivity contribution is 0.290. The van der Waals surface area contributed by atoms with Crippen LogP contribution in [-0.4, -0.2) is 24.2 Å². The summed E-state index contributed by atoms with van der Waals surface area (Å²) in [5.74, 6) is 2.86. The topological polar surface area (TPSA) is 34.1 Å². The van der Waals surface area contributed by atoms with Crippen molar-refractivity contribution in [3.63, 3.8) is 0 Å². The van der Waals surface area contributed by atoms with Crippen molar-refractivity contribution >= 4 is 0 Å². The van der Waals surface area contributed by atoms with Crippen molar-refractivity contribution in [3.05, 3.63) is 23.5 Å². The molecule has 20 heavy (non-hydrogen) atoms. The Morgan fingerprint density at radius 3 is 2.55 bits per heavy atom.